The number of benzene rings is 2. The van der Waals surface area contributed by atoms with Crippen LogP contribution in [0.4, 0.5) is 0 Å². The first-order valence-electron chi connectivity index (χ1n) is 16.7. The quantitative estimate of drug-likeness (QED) is 0.256. The van der Waals surface area contributed by atoms with Gasteiger partial charge in [-0.1, -0.05) is 81.4 Å². The monoisotopic (exact) mass is 678 g/mol. The lowest BCUT2D eigenvalue weighted by molar-refractivity contribution is -0.336. The Kier molecular flexibility index (Phi) is 8.20. The molecule has 48 heavy (non-hydrogen) atoms. The lowest BCUT2D eigenvalue weighted by Crippen LogP contribution is -2.71. The van der Waals surface area contributed by atoms with E-state index in [0.29, 0.717) is 12.2 Å². The molecule has 3 heterocycles. The Balaban J connectivity index is 1.43. The summed E-state index contributed by atoms with van der Waals surface area (Å²) in [6.45, 7) is 11.0. The molecule has 3 saturated heterocycles. The van der Waals surface area contributed by atoms with Crippen LogP contribution >= 0.6 is 0 Å². The van der Waals surface area contributed by atoms with Gasteiger partial charge in [0.15, 0.2) is 6.29 Å². The number of ether oxygens (including phenoxy) is 7. The molecule has 7 rings (SSSR count). The standard InChI is InChI=1S/C37H46O10Si/c1-34(2,3)48(6,7)47-25-18-26-35(22-44-37(26,33(39)41-5)43-20-23-14-10-8-11-15-23)27-19-28(46-31(45-27)24-16-12-9-13-17-24)36(32(38)40-4)21-42-29(25)30(35)36/h8-18,26-31H,19-22H2,1-7H3/t26-,27-,28+,29-,30+,31+,35-,36-,37-/m0/s1. The molecule has 0 amide bonds. The largest absolute Gasteiger partial charge is 0.545 e. The minimum Gasteiger partial charge on any atom is -0.545 e. The van der Waals surface area contributed by atoms with Crippen molar-refractivity contribution >= 4 is 20.3 Å². The van der Waals surface area contributed by atoms with Gasteiger partial charge in [0.2, 0.25) is 8.32 Å². The summed E-state index contributed by atoms with van der Waals surface area (Å²) in [5, 5.41) is -0.145. The summed E-state index contributed by atoms with van der Waals surface area (Å²) in [5.41, 5.74) is -0.533. The van der Waals surface area contributed by atoms with Crippen molar-refractivity contribution in [2.45, 2.75) is 82.3 Å². The van der Waals surface area contributed by atoms with Gasteiger partial charge in [0.05, 0.1) is 52.2 Å². The molecule has 3 aliphatic heterocycles. The molecule has 10 nitrogen and oxygen atoms in total. The van der Waals surface area contributed by atoms with E-state index in [1.807, 2.05) is 66.7 Å². The summed E-state index contributed by atoms with van der Waals surface area (Å²) in [5.74, 6) is -3.75. The third kappa shape index (κ3) is 4.76. The van der Waals surface area contributed by atoms with Gasteiger partial charge < -0.3 is 37.6 Å². The molecule has 11 heteroatoms. The molecule has 2 aromatic rings. The van der Waals surface area contributed by atoms with Crippen molar-refractivity contribution in [2.24, 2.45) is 22.7 Å². The molecule has 0 unspecified atom stereocenters. The minimum absolute atomic E-state index is 0.0492. The van der Waals surface area contributed by atoms with Crippen LogP contribution in [0, 0.1) is 22.7 Å². The molecular weight excluding hydrogens is 632 g/mol. The number of esters is 2. The van der Waals surface area contributed by atoms with Crippen molar-refractivity contribution in [3.63, 3.8) is 0 Å². The highest BCUT2D eigenvalue weighted by Crippen LogP contribution is 2.71. The first kappa shape index (κ1) is 33.4. The van der Waals surface area contributed by atoms with Gasteiger partial charge in [-0.2, -0.15) is 0 Å². The lowest BCUT2D eigenvalue weighted by atomic mass is 9.46. The Bertz CT molecular complexity index is 1570. The van der Waals surface area contributed by atoms with Crippen LogP contribution in [0.25, 0.3) is 0 Å². The fourth-order valence-electron chi connectivity index (χ4n) is 8.46. The molecule has 0 aromatic heterocycles. The smallest absolute Gasteiger partial charge is 0.367 e. The average molecular weight is 679 g/mol. The van der Waals surface area contributed by atoms with Crippen LogP contribution in [0.2, 0.25) is 18.1 Å². The van der Waals surface area contributed by atoms with Crippen LogP contribution in [0.1, 0.15) is 44.6 Å². The van der Waals surface area contributed by atoms with Gasteiger partial charge >= 0.3 is 11.9 Å². The molecule has 5 aliphatic rings. The van der Waals surface area contributed by atoms with Crippen LogP contribution in [0.3, 0.4) is 0 Å². The Morgan fingerprint density at radius 2 is 1.54 bits per heavy atom. The summed E-state index contributed by atoms with van der Waals surface area (Å²) in [7, 11) is 0.271. The highest BCUT2D eigenvalue weighted by molar-refractivity contribution is 6.74. The highest BCUT2D eigenvalue weighted by Gasteiger charge is 2.82. The van der Waals surface area contributed by atoms with Crippen LogP contribution < -0.4 is 0 Å². The lowest BCUT2D eigenvalue weighted by Gasteiger charge is -2.61. The summed E-state index contributed by atoms with van der Waals surface area (Å²) < 4.78 is 51.7. The number of hydrogen-bond donors (Lipinski definition) is 0. The van der Waals surface area contributed by atoms with Crippen LogP contribution in [-0.4, -0.2) is 71.8 Å². The second-order valence-corrected chi connectivity index (χ2v) is 19.9. The van der Waals surface area contributed by atoms with E-state index >= 15 is 0 Å². The molecule has 1 spiro atoms. The zero-order valence-electron chi connectivity index (χ0n) is 28.7. The maximum atomic E-state index is 14.3. The number of carbonyl (C=O) groups excluding carboxylic acids is 2. The normalized spacial score (nSPS) is 36.8. The number of fused-ring (bicyclic) bond motifs is 3. The number of hydrogen-bond acceptors (Lipinski definition) is 10. The van der Waals surface area contributed by atoms with Crippen LogP contribution in [0.5, 0.6) is 0 Å². The van der Waals surface area contributed by atoms with Crippen molar-refractivity contribution in [3.05, 3.63) is 83.6 Å². The Hall–Kier alpha value is -3.06. The molecule has 4 fully saturated rings. The molecule has 0 N–H and O–H groups in total. The van der Waals surface area contributed by atoms with Gasteiger partial charge in [-0.25, -0.2) is 4.79 Å². The maximum absolute atomic E-state index is 14.3. The van der Waals surface area contributed by atoms with Crippen molar-refractivity contribution in [3.8, 4) is 0 Å². The fraction of sp³-hybridized carbons (Fsp3) is 0.568. The molecule has 2 aromatic carbocycles. The highest BCUT2D eigenvalue weighted by atomic mass is 28.4. The predicted octanol–water partition coefficient (Wildman–Crippen LogP) is 5.69. The minimum atomic E-state index is -2.46. The van der Waals surface area contributed by atoms with Crippen molar-refractivity contribution < 1.29 is 47.2 Å². The van der Waals surface area contributed by atoms with Crippen LogP contribution in [-0.2, 0) is 53.8 Å². The molecule has 2 aliphatic carbocycles. The van der Waals surface area contributed by atoms with Crippen molar-refractivity contribution in [1.82, 2.24) is 0 Å². The maximum Gasteiger partial charge on any atom is 0.367 e. The van der Waals surface area contributed by atoms with E-state index in [0.717, 1.165) is 11.1 Å². The number of rotatable bonds is 8. The van der Waals surface area contributed by atoms with E-state index in [2.05, 4.69) is 33.9 Å². The third-order valence-corrected chi connectivity index (χ3v) is 16.2. The third-order valence-electron chi connectivity index (χ3n) is 11.8. The van der Waals surface area contributed by atoms with E-state index in [1.54, 1.807) is 0 Å². The molecule has 258 valence electrons. The summed E-state index contributed by atoms with van der Waals surface area (Å²) in [4.78, 5) is 28.4. The Morgan fingerprint density at radius 1 is 0.896 bits per heavy atom. The van der Waals surface area contributed by atoms with E-state index in [1.165, 1.54) is 14.2 Å². The summed E-state index contributed by atoms with van der Waals surface area (Å²) >= 11 is 0. The molecule has 1 saturated carbocycles. The van der Waals surface area contributed by atoms with Gasteiger partial charge in [-0.3, -0.25) is 4.79 Å². The van der Waals surface area contributed by atoms with Crippen molar-refractivity contribution in [2.75, 3.05) is 27.4 Å². The first-order valence-corrected chi connectivity index (χ1v) is 19.6. The van der Waals surface area contributed by atoms with Gasteiger partial charge in [0, 0.05) is 23.3 Å². The van der Waals surface area contributed by atoms with Crippen molar-refractivity contribution in [1.29, 1.82) is 0 Å². The fourth-order valence-corrected chi connectivity index (χ4v) is 9.54. The molecular formula is C37H46O10Si. The Morgan fingerprint density at radius 3 is 2.19 bits per heavy atom. The van der Waals surface area contributed by atoms with E-state index in [4.69, 9.17) is 37.6 Å². The van der Waals surface area contributed by atoms with E-state index in [-0.39, 0.29) is 24.9 Å². The van der Waals surface area contributed by atoms with E-state index in [9.17, 15) is 9.59 Å². The number of carbonyl (C=O) groups is 2. The Labute approximate surface area is 283 Å². The van der Waals surface area contributed by atoms with E-state index < -0.39 is 73.3 Å². The second-order valence-electron chi connectivity index (χ2n) is 15.2. The number of methoxy groups -OCH3 is 2. The van der Waals surface area contributed by atoms with Gasteiger partial charge in [-0.05, 0) is 29.8 Å². The van der Waals surface area contributed by atoms with Gasteiger partial charge in [-0.15, -0.1) is 0 Å². The second kappa shape index (κ2) is 11.8. The first-order chi connectivity index (χ1) is 22.8. The molecule has 2 bridgehead atoms. The predicted molar refractivity (Wildman–Crippen MR) is 175 cm³/mol. The zero-order chi connectivity index (χ0) is 34.1. The van der Waals surface area contributed by atoms with Gasteiger partial charge in [0.1, 0.15) is 17.3 Å². The molecule has 9 atom stereocenters. The van der Waals surface area contributed by atoms with Crippen LogP contribution in [0.15, 0.2) is 72.5 Å². The topological polar surface area (TPSA) is 108 Å². The van der Waals surface area contributed by atoms with Gasteiger partial charge in [0.25, 0.3) is 5.79 Å². The summed E-state index contributed by atoms with van der Waals surface area (Å²) in [6.07, 6.45) is -0.171. The summed E-state index contributed by atoms with van der Waals surface area (Å²) in [6, 6.07) is 19.3. The molecule has 0 radical (unpaired) electrons. The SMILES string of the molecule is COC(=O)[C@@]1(OCc2ccccc2)OC[C@@]23[C@@H]4C[C@@H](O[C@H](c5ccccc5)O4)[C@@]4(C(=O)OC)CO[C@@H](C(O[Si](C)(C)C(C)(C)C)=C[C@H]12)[C@@H]43. The average Bonchev–Trinajstić information content (AvgIpc) is 3.66. The zero-order valence-corrected chi connectivity index (χ0v) is 29.7.